The van der Waals surface area contributed by atoms with Crippen LogP contribution in [0.5, 0.6) is 0 Å². The van der Waals surface area contributed by atoms with Gasteiger partial charge in [-0.1, -0.05) is 19.1 Å². The van der Waals surface area contributed by atoms with Crippen molar-refractivity contribution >= 4 is 17.5 Å². The van der Waals surface area contributed by atoms with Crippen molar-refractivity contribution < 1.29 is 4.79 Å². The maximum Gasteiger partial charge on any atom is 0.253 e. The third-order valence-electron chi connectivity index (χ3n) is 2.93. The molecule has 0 saturated heterocycles. The molecule has 0 spiro atoms. The first kappa shape index (κ1) is 13.0. The molecule has 1 rings (SSSR count). The van der Waals surface area contributed by atoms with Gasteiger partial charge < -0.3 is 4.90 Å². The van der Waals surface area contributed by atoms with Gasteiger partial charge >= 0.3 is 0 Å². The number of nitrogens with zero attached hydrogens (tertiary/aromatic N) is 1. The number of amides is 1. The lowest BCUT2D eigenvalue weighted by Gasteiger charge is -2.23. The normalized spacial score (nSPS) is 12.2. The smallest absolute Gasteiger partial charge is 0.253 e. The summed E-state index contributed by atoms with van der Waals surface area (Å²) in [5.41, 5.74) is 1.75. The van der Waals surface area contributed by atoms with Gasteiger partial charge in [0.1, 0.15) is 0 Å². The Morgan fingerprint density at radius 2 is 1.94 bits per heavy atom. The summed E-state index contributed by atoms with van der Waals surface area (Å²) < 4.78 is 0. The third kappa shape index (κ3) is 2.99. The average Bonchev–Trinajstić information content (AvgIpc) is 2.36. The standard InChI is InChI=1S/C13H18ClNO/c1-4-10(2)15(3)13(16)12-7-5-11(9-14)6-8-12/h5-8,10H,4,9H2,1-3H3. The Balaban J connectivity index is 2.80. The van der Waals surface area contributed by atoms with Crippen LogP contribution >= 0.6 is 11.6 Å². The summed E-state index contributed by atoms with van der Waals surface area (Å²) in [6.45, 7) is 4.12. The van der Waals surface area contributed by atoms with Gasteiger partial charge in [-0.25, -0.2) is 0 Å². The maximum absolute atomic E-state index is 12.0. The molecule has 0 aromatic heterocycles. The molecule has 0 bridgehead atoms. The van der Waals surface area contributed by atoms with Crippen LogP contribution in [0.2, 0.25) is 0 Å². The number of alkyl halides is 1. The summed E-state index contributed by atoms with van der Waals surface area (Å²) in [6, 6.07) is 7.72. The van der Waals surface area contributed by atoms with E-state index in [9.17, 15) is 4.79 Å². The van der Waals surface area contributed by atoms with E-state index in [1.54, 1.807) is 4.90 Å². The molecule has 0 radical (unpaired) electrons. The highest BCUT2D eigenvalue weighted by atomic mass is 35.5. The van der Waals surface area contributed by atoms with Crippen LogP contribution in [0.25, 0.3) is 0 Å². The zero-order valence-electron chi connectivity index (χ0n) is 10.0. The minimum atomic E-state index is 0.0653. The minimum Gasteiger partial charge on any atom is -0.339 e. The first-order valence-corrected chi connectivity index (χ1v) is 6.05. The third-order valence-corrected chi connectivity index (χ3v) is 3.24. The van der Waals surface area contributed by atoms with Crippen molar-refractivity contribution in [2.75, 3.05) is 7.05 Å². The second-order valence-corrected chi connectivity index (χ2v) is 4.27. The highest BCUT2D eigenvalue weighted by Gasteiger charge is 2.15. The molecule has 0 saturated carbocycles. The Morgan fingerprint density at radius 3 is 2.38 bits per heavy atom. The monoisotopic (exact) mass is 239 g/mol. The van der Waals surface area contributed by atoms with Gasteiger partial charge in [0.2, 0.25) is 0 Å². The number of carbonyl (C=O) groups excluding carboxylic acids is 1. The van der Waals surface area contributed by atoms with Crippen molar-refractivity contribution in [1.82, 2.24) is 4.90 Å². The van der Waals surface area contributed by atoms with Gasteiger partial charge in [0.05, 0.1) is 0 Å². The molecule has 3 heteroatoms. The maximum atomic E-state index is 12.0. The van der Waals surface area contributed by atoms with Gasteiger partial charge in [-0.15, -0.1) is 11.6 Å². The molecule has 1 aromatic carbocycles. The first-order chi connectivity index (χ1) is 7.60. The van der Waals surface area contributed by atoms with E-state index in [1.165, 1.54) is 0 Å². The fourth-order valence-corrected chi connectivity index (χ4v) is 1.59. The van der Waals surface area contributed by atoms with Gasteiger partial charge in [-0.3, -0.25) is 4.79 Å². The number of rotatable bonds is 4. The number of benzene rings is 1. The second-order valence-electron chi connectivity index (χ2n) is 4.00. The SMILES string of the molecule is CCC(C)N(C)C(=O)c1ccc(CCl)cc1. The molecular formula is C13H18ClNO. The second kappa shape index (κ2) is 5.90. The van der Waals surface area contributed by atoms with Crippen LogP contribution in [0.3, 0.4) is 0 Å². The fourth-order valence-electron chi connectivity index (χ4n) is 1.41. The Kier molecular flexibility index (Phi) is 4.81. The number of halogens is 1. The lowest BCUT2D eigenvalue weighted by Crippen LogP contribution is -2.34. The van der Waals surface area contributed by atoms with Crippen molar-refractivity contribution in [3.8, 4) is 0 Å². The number of carbonyl (C=O) groups is 1. The summed E-state index contributed by atoms with van der Waals surface area (Å²) in [5, 5.41) is 0. The number of hydrogen-bond donors (Lipinski definition) is 0. The molecule has 0 aliphatic rings. The van der Waals surface area contributed by atoms with Gasteiger partial charge in [0.25, 0.3) is 5.91 Å². The van der Waals surface area contributed by atoms with Gasteiger partial charge in [0.15, 0.2) is 0 Å². The van der Waals surface area contributed by atoms with Crippen molar-refractivity contribution in [2.45, 2.75) is 32.2 Å². The van der Waals surface area contributed by atoms with Gasteiger partial charge in [0, 0.05) is 24.5 Å². The van der Waals surface area contributed by atoms with E-state index in [2.05, 4.69) is 6.92 Å². The fraction of sp³-hybridized carbons (Fsp3) is 0.462. The lowest BCUT2D eigenvalue weighted by atomic mass is 10.1. The molecule has 16 heavy (non-hydrogen) atoms. The van der Waals surface area contributed by atoms with E-state index in [-0.39, 0.29) is 11.9 Å². The lowest BCUT2D eigenvalue weighted by molar-refractivity contribution is 0.0740. The Morgan fingerprint density at radius 1 is 1.38 bits per heavy atom. The molecular weight excluding hydrogens is 222 g/mol. The molecule has 2 nitrogen and oxygen atoms in total. The summed E-state index contributed by atoms with van der Waals surface area (Å²) in [5.74, 6) is 0.547. The van der Waals surface area contributed by atoms with E-state index in [4.69, 9.17) is 11.6 Å². The molecule has 1 unspecified atom stereocenters. The van der Waals surface area contributed by atoms with Crippen molar-refractivity contribution in [3.63, 3.8) is 0 Å². The molecule has 1 amide bonds. The van der Waals surface area contributed by atoms with E-state index in [0.29, 0.717) is 5.88 Å². The van der Waals surface area contributed by atoms with Crippen LogP contribution in [0.4, 0.5) is 0 Å². The van der Waals surface area contributed by atoms with Crippen molar-refractivity contribution in [3.05, 3.63) is 35.4 Å². The Bertz CT molecular complexity index is 347. The van der Waals surface area contributed by atoms with Crippen molar-refractivity contribution in [2.24, 2.45) is 0 Å². The quantitative estimate of drug-likeness (QED) is 0.739. The molecule has 0 N–H and O–H groups in total. The summed E-state index contributed by atoms with van der Waals surface area (Å²) in [7, 11) is 1.84. The number of hydrogen-bond acceptors (Lipinski definition) is 1. The Labute approximate surface area is 102 Å². The molecule has 88 valence electrons. The van der Waals surface area contributed by atoms with E-state index >= 15 is 0 Å². The highest BCUT2D eigenvalue weighted by Crippen LogP contribution is 2.11. The average molecular weight is 240 g/mol. The summed E-state index contributed by atoms with van der Waals surface area (Å²) >= 11 is 5.70. The van der Waals surface area contributed by atoms with Crippen LogP contribution in [-0.2, 0) is 5.88 Å². The van der Waals surface area contributed by atoms with Crippen LogP contribution in [0, 0.1) is 0 Å². The molecule has 1 aromatic rings. The van der Waals surface area contributed by atoms with E-state index < -0.39 is 0 Å². The van der Waals surface area contributed by atoms with Gasteiger partial charge in [-0.2, -0.15) is 0 Å². The molecule has 0 aliphatic heterocycles. The topological polar surface area (TPSA) is 20.3 Å². The van der Waals surface area contributed by atoms with E-state index in [0.717, 1.165) is 17.5 Å². The van der Waals surface area contributed by atoms with Crippen LogP contribution < -0.4 is 0 Å². The highest BCUT2D eigenvalue weighted by molar-refractivity contribution is 6.17. The van der Waals surface area contributed by atoms with Crippen LogP contribution in [-0.4, -0.2) is 23.9 Å². The summed E-state index contributed by atoms with van der Waals surface area (Å²) in [4.78, 5) is 13.8. The van der Waals surface area contributed by atoms with Gasteiger partial charge in [-0.05, 0) is 31.0 Å². The predicted octanol–water partition coefficient (Wildman–Crippen LogP) is 3.30. The summed E-state index contributed by atoms with van der Waals surface area (Å²) in [6.07, 6.45) is 0.960. The molecule has 0 aliphatic carbocycles. The van der Waals surface area contributed by atoms with E-state index in [1.807, 2.05) is 38.2 Å². The molecule has 0 heterocycles. The molecule has 0 fully saturated rings. The van der Waals surface area contributed by atoms with Crippen LogP contribution in [0.15, 0.2) is 24.3 Å². The van der Waals surface area contributed by atoms with Crippen molar-refractivity contribution in [1.29, 1.82) is 0 Å². The zero-order valence-corrected chi connectivity index (χ0v) is 10.8. The Hall–Kier alpha value is -1.02. The zero-order chi connectivity index (χ0) is 12.1. The first-order valence-electron chi connectivity index (χ1n) is 5.52. The molecule has 1 atom stereocenters. The van der Waals surface area contributed by atoms with Crippen LogP contribution in [0.1, 0.15) is 36.2 Å². The minimum absolute atomic E-state index is 0.0653. The predicted molar refractivity (Wildman–Crippen MR) is 67.8 cm³/mol. The largest absolute Gasteiger partial charge is 0.339 e.